The van der Waals surface area contributed by atoms with Crippen molar-refractivity contribution in [2.75, 3.05) is 13.1 Å². The Morgan fingerprint density at radius 1 is 1.25 bits per heavy atom. The maximum absolute atomic E-state index is 12.8. The first-order chi connectivity index (χ1) is 13.5. The summed E-state index contributed by atoms with van der Waals surface area (Å²) >= 11 is 0. The van der Waals surface area contributed by atoms with Crippen LogP contribution in [0.1, 0.15) is 55.3 Å². The first kappa shape index (κ1) is 19.0. The molecular formula is C22H27BN2O3. The number of amides is 1. The Kier molecular flexibility index (Phi) is 5.15. The molecule has 1 amide bonds. The molecule has 1 aromatic carbocycles. The second kappa shape index (κ2) is 7.59. The van der Waals surface area contributed by atoms with Crippen LogP contribution in [0, 0.1) is 0 Å². The first-order valence-corrected chi connectivity index (χ1v) is 10.1. The lowest BCUT2D eigenvalue weighted by Gasteiger charge is -2.47. The Balaban J connectivity index is 1.49. The van der Waals surface area contributed by atoms with E-state index in [0.29, 0.717) is 18.8 Å². The first-order valence-electron chi connectivity index (χ1n) is 10.1. The number of benzene rings is 1. The molecule has 0 unspecified atom stereocenters. The van der Waals surface area contributed by atoms with Crippen LogP contribution in [0.2, 0.25) is 0 Å². The number of piperidine rings is 1. The smallest absolute Gasteiger partial charge is 0.272 e. The molecular weight excluding hydrogens is 351 g/mol. The highest BCUT2D eigenvalue weighted by Gasteiger charge is 2.44. The number of ether oxygens (including phenoxy) is 2. The van der Waals surface area contributed by atoms with E-state index in [1.807, 2.05) is 43.1 Å². The Bertz CT molecular complexity index is 845. The van der Waals surface area contributed by atoms with Gasteiger partial charge in [0.25, 0.3) is 5.91 Å². The van der Waals surface area contributed by atoms with Crippen molar-refractivity contribution in [3.63, 3.8) is 0 Å². The van der Waals surface area contributed by atoms with Gasteiger partial charge < -0.3 is 14.4 Å². The van der Waals surface area contributed by atoms with Crippen LogP contribution in [0.5, 0.6) is 5.75 Å². The standard InChI is InChI=1S/C22H27BN2O3/c1-15(2)27-20-13-22(28-19-6-4-3-5-17(19)20)9-11-25(12-10-22)21(26)18-8-7-16(23)14-24-18/h3-8,14-15,20H,9-13,23H2,1-2H3/t20-/m1/s1. The number of carbonyl (C=O) groups excluding carboxylic acids is 1. The summed E-state index contributed by atoms with van der Waals surface area (Å²) in [7, 11) is 1.97. The zero-order valence-electron chi connectivity index (χ0n) is 16.9. The minimum absolute atomic E-state index is 0.000963. The molecule has 28 heavy (non-hydrogen) atoms. The van der Waals surface area contributed by atoms with Gasteiger partial charge in [-0.2, -0.15) is 0 Å². The maximum Gasteiger partial charge on any atom is 0.272 e. The zero-order valence-corrected chi connectivity index (χ0v) is 16.9. The van der Waals surface area contributed by atoms with Crippen LogP contribution in [0.3, 0.4) is 0 Å². The molecule has 1 saturated heterocycles. The second-order valence-corrected chi connectivity index (χ2v) is 8.21. The molecule has 2 aliphatic heterocycles. The van der Waals surface area contributed by atoms with Gasteiger partial charge in [0.1, 0.15) is 24.9 Å². The topological polar surface area (TPSA) is 51.7 Å². The summed E-state index contributed by atoms with van der Waals surface area (Å²) in [5.41, 5.74) is 2.42. The number of para-hydroxylation sites is 1. The van der Waals surface area contributed by atoms with E-state index in [0.717, 1.165) is 36.0 Å². The van der Waals surface area contributed by atoms with Crippen molar-refractivity contribution in [3.05, 3.63) is 53.9 Å². The van der Waals surface area contributed by atoms with Gasteiger partial charge in [0.2, 0.25) is 0 Å². The lowest BCUT2D eigenvalue weighted by atomic mass is 9.81. The van der Waals surface area contributed by atoms with Crippen LogP contribution in [0.15, 0.2) is 42.6 Å². The fourth-order valence-electron chi connectivity index (χ4n) is 4.19. The molecule has 0 aliphatic carbocycles. The Morgan fingerprint density at radius 2 is 2.00 bits per heavy atom. The molecule has 0 bridgehead atoms. The zero-order chi connectivity index (χ0) is 19.7. The van der Waals surface area contributed by atoms with Gasteiger partial charge in [-0.25, -0.2) is 0 Å². The Hall–Kier alpha value is -2.34. The van der Waals surface area contributed by atoms with Crippen molar-refractivity contribution in [2.24, 2.45) is 0 Å². The molecule has 4 rings (SSSR count). The maximum atomic E-state index is 12.8. The molecule has 0 N–H and O–H groups in total. The summed E-state index contributed by atoms with van der Waals surface area (Å²) in [6, 6.07) is 11.9. The average molecular weight is 378 g/mol. The van der Waals surface area contributed by atoms with Crippen molar-refractivity contribution in [1.29, 1.82) is 0 Å². The second-order valence-electron chi connectivity index (χ2n) is 8.21. The number of nitrogens with zero attached hydrogens (tertiary/aromatic N) is 2. The molecule has 0 saturated carbocycles. The molecule has 0 radical (unpaired) electrons. The highest BCUT2D eigenvalue weighted by molar-refractivity contribution is 6.32. The van der Waals surface area contributed by atoms with Crippen LogP contribution in [0.25, 0.3) is 0 Å². The average Bonchev–Trinajstić information content (AvgIpc) is 2.68. The van der Waals surface area contributed by atoms with Gasteiger partial charge in [0.15, 0.2) is 0 Å². The van der Waals surface area contributed by atoms with Crippen LogP contribution in [-0.2, 0) is 4.74 Å². The monoisotopic (exact) mass is 378 g/mol. The van der Waals surface area contributed by atoms with E-state index in [9.17, 15) is 4.79 Å². The van der Waals surface area contributed by atoms with E-state index >= 15 is 0 Å². The molecule has 3 heterocycles. The van der Waals surface area contributed by atoms with E-state index in [-0.39, 0.29) is 23.7 Å². The number of pyridine rings is 1. The number of fused-ring (bicyclic) bond motifs is 1. The third-order valence-corrected chi connectivity index (χ3v) is 5.68. The quantitative estimate of drug-likeness (QED) is 0.769. The molecule has 2 aliphatic rings. The van der Waals surface area contributed by atoms with Crippen molar-refractivity contribution >= 4 is 19.2 Å². The fraction of sp³-hybridized carbons (Fsp3) is 0.455. The van der Waals surface area contributed by atoms with Crippen molar-refractivity contribution in [3.8, 4) is 5.75 Å². The lowest BCUT2D eigenvalue weighted by molar-refractivity contribution is -0.0872. The molecule has 6 heteroatoms. The van der Waals surface area contributed by atoms with E-state index in [1.165, 1.54) is 0 Å². The molecule has 1 fully saturated rings. The van der Waals surface area contributed by atoms with E-state index in [1.54, 1.807) is 6.20 Å². The van der Waals surface area contributed by atoms with Crippen LogP contribution in [0.4, 0.5) is 0 Å². The number of hydrogen-bond acceptors (Lipinski definition) is 4. The normalized spacial score (nSPS) is 20.7. The Labute approximate surface area is 167 Å². The van der Waals surface area contributed by atoms with Crippen LogP contribution >= 0.6 is 0 Å². The van der Waals surface area contributed by atoms with Crippen LogP contribution in [-0.4, -0.2) is 48.4 Å². The van der Waals surface area contributed by atoms with Gasteiger partial charge in [0.05, 0.1) is 12.2 Å². The predicted molar refractivity (Wildman–Crippen MR) is 111 cm³/mol. The van der Waals surface area contributed by atoms with E-state index in [4.69, 9.17) is 9.47 Å². The Morgan fingerprint density at radius 3 is 2.68 bits per heavy atom. The highest BCUT2D eigenvalue weighted by atomic mass is 16.5. The predicted octanol–water partition coefficient (Wildman–Crippen LogP) is 2.26. The van der Waals surface area contributed by atoms with Gasteiger partial charge in [-0.3, -0.25) is 9.78 Å². The van der Waals surface area contributed by atoms with Gasteiger partial charge in [-0.05, 0) is 26.0 Å². The third kappa shape index (κ3) is 3.79. The molecule has 1 aromatic heterocycles. The summed E-state index contributed by atoms with van der Waals surface area (Å²) in [4.78, 5) is 19.0. The minimum Gasteiger partial charge on any atom is -0.487 e. The van der Waals surface area contributed by atoms with E-state index < -0.39 is 0 Å². The van der Waals surface area contributed by atoms with Gasteiger partial charge in [0, 0.05) is 44.1 Å². The highest BCUT2D eigenvalue weighted by Crippen LogP contribution is 2.46. The number of rotatable bonds is 3. The third-order valence-electron chi connectivity index (χ3n) is 5.68. The summed E-state index contributed by atoms with van der Waals surface area (Å²) in [5, 5.41) is 0. The largest absolute Gasteiger partial charge is 0.487 e. The summed E-state index contributed by atoms with van der Waals surface area (Å²) in [5.74, 6) is 0.917. The van der Waals surface area contributed by atoms with E-state index in [2.05, 4.69) is 24.9 Å². The van der Waals surface area contributed by atoms with Gasteiger partial charge in [-0.1, -0.05) is 29.7 Å². The summed E-state index contributed by atoms with van der Waals surface area (Å²) in [6.45, 7) is 5.48. The number of aromatic nitrogens is 1. The van der Waals surface area contributed by atoms with Crippen molar-refractivity contribution < 1.29 is 14.3 Å². The number of carbonyl (C=O) groups is 1. The molecule has 5 nitrogen and oxygen atoms in total. The lowest BCUT2D eigenvalue weighted by Crippen LogP contribution is -2.52. The number of likely N-dealkylation sites (tertiary alicyclic amines) is 1. The molecule has 1 atom stereocenters. The molecule has 1 spiro atoms. The number of hydrogen-bond donors (Lipinski definition) is 0. The van der Waals surface area contributed by atoms with Gasteiger partial charge >= 0.3 is 0 Å². The SMILES string of the molecule is Bc1ccc(C(=O)N2CCC3(CC2)C[C@@H](OC(C)C)c2ccccc2O3)nc1. The minimum atomic E-state index is -0.272. The molecule has 2 aromatic rings. The van der Waals surface area contributed by atoms with Gasteiger partial charge in [-0.15, -0.1) is 0 Å². The fourth-order valence-corrected chi connectivity index (χ4v) is 4.19. The van der Waals surface area contributed by atoms with Crippen molar-refractivity contribution in [1.82, 2.24) is 9.88 Å². The van der Waals surface area contributed by atoms with Crippen molar-refractivity contribution in [2.45, 2.75) is 50.9 Å². The van der Waals surface area contributed by atoms with Crippen LogP contribution < -0.4 is 10.2 Å². The molecule has 146 valence electrons. The summed E-state index contributed by atoms with van der Waals surface area (Å²) in [6.07, 6.45) is 4.36. The summed E-state index contributed by atoms with van der Waals surface area (Å²) < 4.78 is 12.7.